The fourth-order valence-corrected chi connectivity index (χ4v) is 4.87. The van der Waals surface area contributed by atoms with Gasteiger partial charge in [-0.15, -0.1) is 0 Å². The van der Waals surface area contributed by atoms with Gasteiger partial charge in [-0.1, -0.05) is 49.2 Å². The first-order chi connectivity index (χ1) is 13.2. The van der Waals surface area contributed by atoms with E-state index in [1.54, 1.807) is 0 Å². The molecular formula is C22H28N2O3. The molecule has 4 rings (SSSR count). The molecule has 3 unspecified atom stereocenters. The van der Waals surface area contributed by atoms with Crippen molar-refractivity contribution in [2.24, 2.45) is 11.7 Å². The number of carbonyl (C=O) groups excluding carboxylic acids is 1. The molecule has 3 atom stereocenters. The summed E-state index contributed by atoms with van der Waals surface area (Å²) in [6.07, 6.45) is 4.92. The second-order valence-corrected chi connectivity index (χ2v) is 7.64. The molecule has 27 heavy (non-hydrogen) atoms. The smallest absolute Gasteiger partial charge is 0.404 e. The summed E-state index contributed by atoms with van der Waals surface area (Å²) in [4.78, 5) is 13.7. The third kappa shape index (κ3) is 4.03. The zero-order valence-corrected chi connectivity index (χ0v) is 15.7. The van der Waals surface area contributed by atoms with Gasteiger partial charge in [-0.3, -0.25) is 4.90 Å². The molecule has 144 valence electrons. The molecular weight excluding hydrogens is 340 g/mol. The zero-order valence-electron chi connectivity index (χ0n) is 15.7. The fourth-order valence-electron chi connectivity index (χ4n) is 4.87. The van der Waals surface area contributed by atoms with Crippen molar-refractivity contribution >= 4 is 16.9 Å². The first-order valence-electron chi connectivity index (χ1n) is 10.0. The Labute approximate surface area is 160 Å². The van der Waals surface area contributed by atoms with Gasteiger partial charge in [-0.2, -0.15) is 0 Å². The predicted octanol–water partition coefficient (Wildman–Crippen LogP) is 3.95. The Bertz CT molecular complexity index is 789. The number of amides is 1. The van der Waals surface area contributed by atoms with Crippen molar-refractivity contribution in [3.8, 4) is 5.75 Å². The van der Waals surface area contributed by atoms with Gasteiger partial charge < -0.3 is 15.2 Å². The van der Waals surface area contributed by atoms with Crippen molar-refractivity contribution in [2.75, 3.05) is 19.7 Å². The van der Waals surface area contributed by atoms with E-state index >= 15 is 0 Å². The quantitative estimate of drug-likeness (QED) is 0.868. The lowest BCUT2D eigenvalue weighted by molar-refractivity contribution is -0.0443. The first kappa shape index (κ1) is 18.1. The summed E-state index contributed by atoms with van der Waals surface area (Å²) >= 11 is 0. The van der Waals surface area contributed by atoms with E-state index in [2.05, 4.69) is 23.1 Å². The summed E-state index contributed by atoms with van der Waals surface area (Å²) in [7, 11) is 0. The molecule has 0 bridgehead atoms. The van der Waals surface area contributed by atoms with Crippen molar-refractivity contribution < 1.29 is 14.3 Å². The topological polar surface area (TPSA) is 64.8 Å². The van der Waals surface area contributed by atoms with Crippen molar-refractivity contribution in [3.63, 3.8) is 0 Å². The standard InChI is InChI=1S/C22H28N2O3/c23-22(25)27-21-12-13-24(19-10-4-3-9-18(19)21)14-15-26-20-11-5-7-16-6-1-2-8-17(16)20/h1-2,5-8,11,18-19,21H,3-4,9-10,12-15H2,(H2,23,25). The lowest BCUT2D eigenvalue weighted by Crippen LogP contribution is -2.54. The summed E-state index contributed by atoms with van der Waals surface area (Å²) in [5, 5.41) is 2.36. The number of rotatable bonds is 5. The van der Waals surface area contributed by atoms with E-state index in [0.29, 0.717) is 18.6 Å². The summed E-state index contributed by atoms with van der Waals surface area (Å²) < 4.78 is 11.6. The molecule has 2 aliphatic rings. The van der Waals surface area contributed by atoms with Gasteiger partial charge in [0, 0.05) is 30.4 Å². The lowest BCUT2D eigenvalue weighted by Gasteiger charge is -2.47. The van der Waals surface area contributed by atoms with Crippen LogP contribution in [0, 0.1) is 5.92 Å². The number of ether oxygens (including phenoxy) is 2. The number of piperidine rings is 1. The van der Waals surface area contributed by atoms with Crippen molar-refractivity contribution in [1.29, 1.82) is 0 Å². The number of nitrogens with two attached hydrogens (primary N) is 1. The van der Waals surface area contributed by atoms with Gasteiger partial charge in [0.05, 0.1) is 0 Å². The first-order valence-corrected chi connectivity index (χ1v) is 10.0. The molecule has 2 aromatic rings. The SMILES string of the molecule is NC(=O)OC1CCN(CCOc2cccc3ccccc23)C2CCCCC12. The van der Waals surface area contributed by atoms with Crippen LogP contribution in [0.2, 0.25) is 0 Å². The predicted molar refractivity (Wildman–Crippen MR) is 106 cm³/mol. The Kier molecular flexibility index (Phi) is 5.48. The molecule has 0 aromatic heterocycles. The van der Waals surface area contributed by atoms with E-state index in [4.69, 9.17) is 15.2 Å². The van der Waals surface area contributed by atoms with E-state index in [0.717, 1.165) is 43.5 Å². The van der Waals surface area contributed by atoms with Crippen LogP contribution in [0.25, 0.3) is 10.8 Å². The molecule has 0 spiro atoms. The van der Waals surface area contributed by atoms with Gasteiger partial charge in [0.25, 0.3) is 0 Å². The minimum absolute atomic E-state index is 0.0250. The Balaban J connectivity index is 1.38. The summed E-state index contributed by atoms with van der Waals surface area (Å²) in [6.45, 7) is 2.49. The number of primary amides is 1. The molecule has 1 aliphatic carbocycles. The lowest BCUT2D eigenvalue weighted by atomic mass is 9.76. The van der Waals surface area contributed by atoms with Crippen LogP contribution in [0.1, 0.15) is 32.1 Å². The average Bonchev–Trinajstić information content (AvgIpc) is 2.69. The maximum absolute atomic E-state index is 11.2. The second kappa shape index (κ2) is 8.17. The summed E-state index contributed by atoms with van der Waals surface area (Å²) in [5.74, 6) is 1.35. The maximum atomic E-state index is 11.2. The minimum atomic E-state index is -0.642. The highest BCUT2D eigenvalue weighted by molar-refractivity contribution is 5.88. The van der Waals surface area contributed by atoms with Crippen LogP contribution in [-0.2, 0) is 4.74 Å². The Hall–Kier alpha value is -2.27. The van der Waals surface area contributed by atoms with Gasteiger partial charge in [0.15, 0.2) is 0 Å². The molecule has 2 aromatic carbocycles. The molecule has 5 heteroatoms. The normalized spacial score (nSPS) is 25.7. The number of likely N-dealkylation sites (tertiary alicyclic amines) is 1. The molecule has 2 fully saturated rings. The van der Waals surface area contributed by atoms with E-state index in [9.17, 15) is 4.79 Å². The molecule has 1 amide bonds. The number of benzene rings is 2. The van der Waals surface area contributed by atoms with Crippen LogP contribution in [0.3, 0.4) is 0 Å². The average molecular weight is 368 g/mol. The second-order valence-electron chi connectivity index (χ2n) is 7.64. The van der Waals surface area contributed by atoms with Gasteiger partial charge in [0.2, 0.25) is 0 Å². The molecule has 2 N–H and O–H groups in total. The highest BCUT2D eigenvalue weighted by Gasteiger charge is 2.40. The Morgan fingerprint density at radius 2 is 1.89 bits per heavy atom. The highest BCUT2D eigenvalue weighted by atomic mass is 16.6. The maximum Gasteiger partial charge on any atom is 0.404 e. The van der Waals surface area contributed by atoms with Crippen molar-refractivity contribution in [1.82, 2.24) is 4.90 Å². The van der Waals surface area contributed by atoms with Crippen molar-refractivity contribution in [3.05, 3.63) is 42.5 Å². The van der Waals surface area contributed by atoms with Gasteiger partial charge >= 0.3 is 6.09 Å². The van der Waals surface area contributed by atoms with Crippen LogP contribution in [-0.4, -0.2) is 42.8 Å². The Morgan fingerprint density at radius 1 is 1.07 bits per heavy atom. The Morgan fingerprint density at radius 3 is 2.78 bits per heavy atom. The van der Waals surface area contributed by atoms with Gasteiger partial charge in [0.1, 0.15) is 18.5 Å². The third-order valence-electron chi connectivity index (χ3n) is 6.08. The van der Waals surface area contributed by atoms with Crippen LogP contribution < -0.4 is 10.5 Å². The summed E-state index contributed by atoms with van der Waals surface area (Å²) in [5.41, 5.74) is 5.28. The molecule has 5 nitrogen and oxygen atoms in total. The third-order valence-corrected chi connectivity index (χ3v) is 6.08. The molecule has 1 aliphatic heterocycles. The fraction of sp³-hybridized carbons (Fsp3) is 0.500. The molecule has 1 saturated heterocycles. The van der Waals surface area contributed by atoms with E-state index < -0.39 is 6.09 Å². The minimum Gasteiger partial charge on any atom is -0.492 e. The summed E-state index contributed by atoms with van der Waals surface area (Å²) in [6, 6.07) is 15.0. The van der Waals surface area contributed by atoms with Crippen LogP contribution in [0.15, 0.2) is 42.5 Å². The van der Waals surface area contributed by atoms with Crippen LogP contribution >= 0.6 is 0 Å². The number of hydrogen-bond donors (Lipinski definition) is 1. The largest absolute Gasteiger partial charge is 0.492 e. The van der Waals surface area contributed by atoms with Crippen molar-refractivity contribution in [2.45, 2.75) is 44.2 Å². The van der Waals surface area contributed by atoms with Gasteiger partial charge in [-0.25, -0.2) is 4.79 Å². The zero-order chi connectivity index (χ0) is 18.6. The monoisotopic (exact) mass is 368 g/mol. The number of carbonyl (C=O) groups is 1. The number of nitrogens with zero attached hydrogens (tertiary/aromatic N) is 1. The van der Waals surface area contributed by atoms with Crippen LogP contribution in [0.5, 0.6) is 5.75 Å². The number of fused-ring (bicyclic) bond motifs is 2. The van der Waals surface area contributed by atoms with Crippen LogP contribution in [0.4, 0.5) is 4.79 Å². The van der Waals surface area contributed by atoms with E-state index in [1.165, 1.54) is 18.2 Å². The highest BCUT2D eigenvalue weighted by Crippen LogP contribution is 2.37. The molecule has 1 saturated carbocycles. The van der Waals surface area contributed by atoms with E-state index in [-0.39, 0.29) is 6.10 Å². The van der Waals surface area contributed by atoms with Gasteiger partial charge in [-0.05, 0) is 30.7 Å². The number of hydrogen-bond acceptors (Lipinski definition) is 4. The molecule has 0 radical (unpaired) electrons. The molecule has 1 heterocycles. The van der Waals surface area contributed by atoms with E-state index in [1.807, 2.05) is 24.3 Å².